The van der Waals surface area contributed by atoms with E-state index in [1.165, 1.54) is 13.2 Å². The molecule has 0 saturated carbocycles. The van der Waals surface area contributed by atoms with E-state index in [-0.39, 0.29) is 24.6 Å². The van der Waals surface area contributed by atoms with E-state index in [0.29, 0.717) is 5.56 Å². The molecular formula is C10H14ClFN2O4. The van der Waals surface area contributed by atoms with Gasteiger partial charge in [-0.15, -0.1) is 12.4 Å². The summed E-state index contributed by atoms with van der Waals surface area (Å²) in [5.41, 5.74) is 5.49. The summed E-state index contributed by atoms with van der Waals surface area (Å²) in [6, 6.07) is 1.81. The number of methoxy groups -OCH3 is 1. The highest BCUT2D eigenvalue weighted by Gasteiger charge is 2.21. The van der Waals surface area contributed by atoms with Gasteiger partial charge in [-0.05, 0) is 18.1 Å². The van der Waals surface area contributed by atoms with Crippen LogP contribution in [0.1, 0.15) is 18.0 Å². The Kier molecular flexibility index (Phi) is 6.35. The lowest BCUT2D eigenvalue weighted by Gasteiger charge is -2.12. The molecule has 1 aromatic carbocycles. The molecule has 0 heterocycles. The normalized spacial score (nSPS) is 11.5. The van der Waals surface area contributed by atoms with Gasteiger partial charge in [-0.3, -0.25) is 14.5 Å². The molecule has 1 rings (SSSR count). The van der Waals surface area contributed by atoms with Gasteiger partial charge in [0, 0.05) is 12.1 Å². The highest BCUT2D eigenvalue weighted by Crippen LogP contribution is 2.38. The van der Waals surface area contributed by atoms with E-state index < -0.39 is 29.1 Å². The van der Waals surface area contributed by atoms with Gasteiger partial charge in [0.05, 0.1) is 18.7 Å². The molecule has 1 atom stereocenters. The molecular weight excluding hydrogens is 267 g/mol. The van der Waals surface area contributed by atoms with E-state index >= 15 is 0 Å². The number of ether oxygens (including phenoxy) is 1. The molecule has 3 N–H and O–H groups in total. The zero-order valence-corrected chi connectivity index (χ0v) is 10.4. The smallest absolute Gasteiger partial charge is 0.314 e. The minimum Gasteiger partial charge on any atom is -0.500 e. The van der Waals surface area contributed by atoms with Crippen LogP contribution in [0.25, 0.3) is 0 Å². The summed E-state index contributed by atoms with van der Waals surface area (Å²) in [6.07, 6.45) is 0.0467. The minimum absolute atomic E-state index is 0. The van der Waals surface area contributed by atoms with Gasteiger partial charge in [0.1, 0.15) is 0 Å². The lowest BCUT2D eigenvalue weighted by atomic mass is 10.0. The lowest BCUT2D eigenvalue weighted by molar-refractivity contribution is -0.386. The van der Waals surface area contributed by atoms with Crippen LogP contribution in [-0.2, 0) is 0 Å². The first-order valence-electron chi connectivity index (χ1n) is 4.88. The molecule has 6 nitrogen and oxygen atoms in total. The van der Waals surface area contributed by atoms with Crippen LogP contribution >= 0.6 is 12.4 Å². The summed E-state index contributed by atoms with van der Waals surface area (Å²) < 4.78 is 17.0. The van der Waals surface area contributed by atoms with Crippen molar-refractivity contribution in [3.05, 3.63) is 27.8 Å². The Morgan fingerprint density at radius 2 is 2.22 bits per heavy atom. The van der Waals surface area contributed by atoms with Crippen LogP contribution in [0.4, 0.5) is 10.1 Å². The number of phenolic OH excluding ortho intramolecular Hbond substituents is 1. The zero-order valence-electron chi connectivity index (χ0n) is 9.63. The summed E-state index contributed by atoms with van der Waals surface area (Å²) in [5.74, 6) is -0.614. The number of rotatable bonds is 5. The second-order valence-electron chi connectivity index (χ2n) is 3.43. The van der Waals surface area contributed by atoms with Gasteiger partial charge in [0.2, 0.25) is 5.75 Å². The number of hydrogen-bond donors (Lipinski definition) is 2. The standard InChI is InChI=1S/C10H13FN2O4.ClH/c1-17-9-5-6(7(12)2-3-11)4-8(10(9)14)13(15)16;/h4-5,7,14H,2-3,12H2,1H3;1H/t7-;/m1./s1. The summed E-state index contributed by atoms with van der Waals surface area (Å²) >= 11 is 0. The second-order valence-corrected chi connectivity index (χ2v) is 3.43. The molecule has 102 valence electrons. The first-order valence-corrected chi connectivity index (χ1v) is 4.88. The number of phenols is 1. The minimum atomic E-state index is -0.747. The third kappa shape index (κ3) is 3.44. The van der Waals surface area contributed by atoms with Gasteiger partial charge >= 0.3 is 5.69 Å². The van der Waals surface area contributed by atoms with Gasteiger partial charge in [-0.2, -0.15) is 0 Å². The van der Waals surface area contributed by atoms with Gasteiger partial charge in [-0.1, -0.05) is 0 Å². The number of nitrogens with zero attached hydrogens (tertiary/aromatic N) is 1. The van der Waals surface area contributed by atoms with Crippen molar-refractivity contribution in [2.24, 2.45) is 5.73 Å². The number of halogens is 2. The van der Waals surface area contributed by atoms with Crippen LogP contribution in [-0.4, -0.2) is 23.8 Å². The van der Waals surface area contributed by atoms with Crippen molar-refractivity contribution < 1.29 is 19.2 Å². The highest BCUT2D eigenvalue weighted by molar-refractivity contribution is 5.85. The number of nitro benzene ring substituents is 1. The molecule has 0 aliphatic rings. The molecule has 0 fully saturated rings. The Labute approximate surface area is 109 Å². The monoisotopic (exact) mass is 280 g/mol. The van der Waals surface area contributed by atoms with Crippen molar-refractivity contribution in [2.45, 2.75) is 12.5 Å². The maximum absolute atomic E-state index is 12.2. The second kappa shape index (κ2) is 6.97. The summed E-state index contributed by atoms with van der Waals surface area (Å²) in [5, 5.41) is 20.2. The third-order valence-corrected chi connectivity index (χ3v) is 2.34. The van der Waals surface area contributed by atoms with E-state index in [9.17, 15) is 19.6 Å². The number of nitrogens with two attached hydrogens (primary N) is 1. The largest absolute Gasteiger partial charge is 0.500 e. The van der Waals surface area contributed by atoms with Crippen LogP contribution in [0.3, 0.4) is 0 Å². The van der Waals surface area contributed by atoms with Crippen molar-refractivity contribution in [1.82, 2.24) is 0 Å². The van der Waals surface area contributed by atoms with Crippen molar-refractivity contribution in [1.29, 1.82) is 0 Å². The molecule has 0 spiro atoms. The average molecular weight is 281 g/mol. The van der Waals surface area contributed by atoms with E-state index in [2.05, 4.69) is 0 Å². The van der Waals surface area contributed by atoms with Crippen molar-refractivity contribution in [3.63, 3.8) is 0 Å². The van der Waals surface area contributed by atoms with E-state index in [0.717, 1.165) is 6.07 Å². The molecule has 0 bridgehead atoms. The Morgan fingerprint density at radius 3 is 2.67 bits per heavy atom. The predicted molar refractivity (Wildman–Crippen MR) is 66.1 cm³/mol. The number of alkyl halides is 1. The maximum atomic E-state index is 12.2. The number of nitro groups is 1. The fourth-order valence-electron chi connectivity index (χ4n) is 1.41. The van der Waals surface area contributed by atoms with Crippen LogP contribution < -0.4 is 10.5 Å². The topological polar surface area (TPSA) is 98.6 Å². The first kappa shape index (κ1) is 16.4. The van der Waals surface area contributed by atoms with Gasteiger partial charge in [-0.25, -0.2) is 0 Å². The Hall–Kier alpha value is -1.60. The molecule has 0 radical (unpaired) electrons. The molecule has 0 unspecified atom stereocenters. The van der Waals surface area contributed by atoms with Crippen molar-refractivity contribution in [3.8, 4) is 11.5 Å². The van der Waals surface area contributed by atoms with E-state index in [1.54, 1.807) is 0 Å². The fraction of sp³-hybridized carbons (Fsp3) is 0.400. The van der Waals surface area contributed by atoms with Gasteiger partial charge in [0.15, 0.2) is 5.75 Å². The van der Waals surface area contributed by atoms with Crippen molar-refractivity contribution in [2.75, 3.05) is 13.8 Å². The molecule has 18 heavy (non-hydrogen) atoms. The van der Waals surface area contributed by atoms with Crippen LogP contribution in [0.5, 0.6) is 11.5 Å². The maximum Gasteiger partial charge on any atom is 0.314 e. The molecule has 1 aromatic rings. The zero-order chi connectivity index (χ0) is 13.0. The highest BCUT2D eigenvalue weighted by atomic mass is 35.5. The van der Waals surface area contributed by atoms with Gasteiger partial charge < -0.3 is 15.6 Å². The quantitative estimate of drug-likeness (QED) is 0.635. The number of benzene rings is 1. The fourth-order valence-corrected chi connectivity index (χ4v) is 1.41. The third-order valence-electron chi connectivity index (χ3n) is 2.34. The Morgan fingerprint density at radius 1 is 1.61 bits per heavy atom. The van der Waals surface area contributed by atoms with Crippen molar-refractivity contribution >= 4 is 18.1 Å². The molecule has 0 aliphatic carbocycles. The van der Waals surface area contributed by atoms with E-state index in [1.807, 2.05) is 0 Å². The molecule has 0 amide bonds. The summed E-state index contributed by atoms with van der Waals surface area (Å²) in [6.45, 7) is -0.627. The average Bonchev–Trinajstić information content (AvgIpc) is 2.29. The molecule has 0 aliphatic heterocycles. The first-order chi connectivity index (χ1) is 8.01. The van der Waals surface area contributed by atoms with Gasteiger partial charge in [0.25, 0.3) is 0 Å². The van der Waals surface area contributed by atoms with E-state index in [4.69, 9.17) is 10.5 Å². The molecule has 0 saturated heterocycles. The lowest BCUT2D eigenvalue weighted by Crippen LogP contribution is -2.11. The van der Waals surface area contributed by atoms with Crippen LogP contribution in [0, 0.1) is 10.1 Å². The predicted octanol–water partition coefficient (Wildman–Crippen LogP) is 2.09. The number of aromatic hydroxyl groups is 1. The Bertz CT molecular complexity index is 431. The molecule has 0 aromatic heterocycles. The summed E-state index contributed by atoms with van der Waals surface area (Å²) in [4.78, 5) is 9.95. The Balaban J connectivity index is 0.00000289. The SMILES string of the molecule is COc1cc([C@H](N)CCF)cc([N+](=O)[O-])c1O.Cl. The molecule has 8 heteroatoms. The van der Waals surface area contributed by atoms with Crippen LogP contribution in [0.2, 0.25) is 0 Å². The number of hydrogen-bond acceptors (Lipinski definition) is 5. The van der Waals surface area contributed by atoms with Crippen LogP contribution in [0.15, 0.2) is 12.1 Å². The summed E-state index contributed by atoms with van der Waals surface area (Å²) in [7, 11) is 1.27.